The third-order valence-electron chi connectivity index (χ3n) is 9.11. The fourth-order valence-corrected chi connectivity index (χ4v) is 6.97. The Hall–Kier alpha value is -3.17. The Bertz CT molecular complexity index is 1710. The number of carboxylic acids is 1. The molecule has 3 aliphatic rings. The first-order valence-electron chi connectivity index (χ1n) is 16.7. The van der Waals surface area contributed by atoms with E-state index in [1.807, 2.05) is 31.2 Å². The number of carbonyl (C=O) groups is 3. The van der Waals surface area contributed by atoms with Gasteiger partial charge in [-0.3, -0.25) is 4.79 Å². The van der Waals surface area contributed by atoms with E-state index in [0.29, 0.717) is 59.1 Å². The molecule has 1 heterocycles. The monoisotopic (exact) mass is 736 g/mol. The molecule has 3 aromatic carbocycles. The zero-order valence-electron chi connectivity index (χ0n) is 29.8. The van der Waals surface area contributed by atoms with Gasteiger partial charge in [-0.2, -0.15) is 0 Å². The summed E-state index contributed by atoms with van der Waals surface area (Å²) in [7, 11) is 1.46. The number of hydrogen-bond acceptors (Lipinski definition) is 13. The Labute approximate surface area is 345 Å². The van der Waals surface area contributed by atoms with Crippen LogP contribution in [0.5, 0.6) is 28.7 Å². The summed E-state index contributed by atoms with van der Waals surface area (Å²) >= 11 is 0. The molecule has 0 saturated heterocycles. The second-order valence-corrected chi connectivity index (χ2v) is 12.3. The van der Waals surface area contributed by atoms with Gasteiger partial charge in [0.25, 0.3) is 6.16 Å². The van der Waals surface area contributed by atoms with Gasteiger partial charge < -0.3 is 57.7 Å². The summed E-state index contributed by atoms with van der Waals surface area (Å²) < 4.78 is 44.9. The maximum Gasteiger partial charge on any atom is 1.00 e. The SMILES string of the molecule is CCCOc1ccc2c(c1)C(c1ccc(OC)cc1OCC(=O)[O-])C(C(=O)OC(OC(=O)[O-])OC1CCCCC1)C2c1ccc2c(c1)OCO2.[Na+].[Na+]. The molecule has 266 valence electrons. The summed E-state index contributed by atoms with van der Waals surface area (Å²) in [5, 5.41) is 23.2. The van der Waals surface area contributed by atoms with E-state index < -0.39 is 48.9 Å². The second kappa shape index (κ2) is 19.2. The summed E-state index contributed by atoms with van der Waals surface area (Å²) in [6.07, 6.45) is 2.51. The number of hydrogen-bond donors (Lipinski definition) is 0. The molecule has 6 rings (SSSR count). The second-order valence-electron chi connectivity index (χ2n) is 12.3. The molecule has 4 atom stereocenters. The molecule has 4 unspecified atom stereocenters. The maximum atomic E-state index is 14.7. The number of aliphatic carboxylic acids is 1. The summed E-state index contributed by atoms with van der Waals surface area (Å²) in [4.78, 5) is 37.8. The molecule has 13 nitrogen and oxygen atoms in total. The van der Waals surface area contributed by atoms with E-state index in [1.54, 1.807) is 24.3 Å². The quantitative estimate of drug-likeness (QED) is 0.0992. The van der Waals surface area contributed by atoms with Gasteiger partial charge in [-0.1, -0.05) is 44.4 Å². The van der Waals surface area contributed by atoms with Crippen molar-refractivity contribution in [2.24, 2.45) is 5.92 Å². The third kappa shape index (κ3) is 9.67. The molecule has 0 bridgehead atoms. The molecule has 52 heavy (non-hydrogen) atoms. The molecule has 0 aromatic heterocycles. The molecular formula is C37H38Na2O13. The summed E-state index contributed by atoms with van der Waals surface area (Å²) in [5.41, 5.74) is 2.54. The Morgan fingerprint density at radius 1 is 0.808 bits per heavy atom. The first-order chi connectivity index (χ1) is 24.2. The first-order valence-corrected chi connectivity index (χ1v) is 16.7. The van der Waals surface area contributed by atoms with Gasteiger partial charge in [0.1, 0.15) is 23.9 Å². The molecule has 2 aliphatic carbocycles. The predicted molar refractivity (Wildman–Crippen MR) is 170 cm³/mol. The molecule has 0 N–H and O–H groups in total. The van der Waals surface area contributed by atoms with E-state index in [0.717, 1.165) is 31.2 Å². The number of rotatable bonds is 14. The topological polar surface area (TPSA) is 171 Å². The van der Waals surface area contributed by atoms with Gasteiger partial charge in [-0.15, -0.1) is 0 Å². The van der Waals surface area contributed by atoms with Crippen LogP contribution in [0.1, 0.15) is 79.5 Å². The minimum Gasteiger partial charge on any atom is -0.546 e. The Morgan fingerprint density at radius 3 is 2.25 bits per heavy atom. The molecule has 0 spiro atoms. The number of benzene rings is 3. The van der Waals surface area contributed by atoms with Gasteiger partial charge >= 0.3 is 71.6 Å². The van der Waals surface area contributed by atoms with E-state index in [4.69, 9.17) is 37.9 Å². The van der Waals surface area contributed by atoms with Crippen LogP contribution in [0.15, 0.2) is 54.6 Å². The minimum atomic E-state index is -1.91. The Balaban J connectivity index is 0.00000302. The normalized spacial score (nSPS) is 19.2. The van der Waals surface area contributed by atoms with Gasteiger partial charge in [0.2, 0.25) is 6.79 Å². The fraction of sp³-hybridized carbons (Fsp3) is 0.432. The van der Waals surface area contributed by atoms with Gasteiger partial charge in [-0.05, 0) is 66.3 Å². The van der Waals surface area contributed by atoms with E-state index in [9.17, 15) is 24.6 Å². The van der Waals surface area contributed by atoms with Crippen molar-refractivity contribution in [3.8, 4) is 28.7 Å². The molecule has 1 saturated carbocycles. The summed E-state index contributed by atoms with van der Waals surface area (Å²) in [6.45, 7) is -0.180. The van der Waals surface area contributed by atoms with Crippen molar-refractivity contribution in [3.05, 3.63) is 76.9 Å². The standard InChI is InChI=1S/C37H40O13.2Na/c1-3-15-44-24-11-12-25-27(17-24)33(26-13-10-23(43-2)18-29(26)45-19-31(38)39)34(32(25)21-9-14-28-30(16-21)47-20-46-28)35(40)49-37(50-36(41)42)48-22-7-5-4-6-8-22;;/h9-14,16-18,22,32-34,37H,3-8,15,19-20H2,1-2H3,(H,38,39)(H,41,42);;/q;2*+1/p-2. The smallest absolute Gasteiger partial charge is 0.546 e. The van der Waals surface area contributed by atoms with Crippen LogP contribution in [0, 0.1) is 5.92 Å². The number of carbonyl (C=O) groups excluding carboxylic acids is 3. The molecule has 0 radical (unpaired) electrons. The van der Waals surface area contributed by atoms with Crippen LogP contribution < -0.4 is 93.0 Å². The van der Waals surface area contributed by atoms with Crippen LogP contribution in [-0.2, 0) is 23.8 Å². The molecule has 3 aromatic rings. The molecular weight excluding hydrogens is 698 g/mol. The van der Waals surface area contributed by atoms with Crippen molar-refractivity contribution in [2.45, 2.75) is 69.9 Å². The third-order valence-corrected chi connectivity index (χ3v) is 9.11. The van der Waals surface area contributed by atoms with Crippen molar-refractivity contribution in [2.75, 3.05) is 27.1 Å². The molecule has 1 fully saturated rings. The average molecular weight is 737 g/mol. The predicted octanol–water partition coefficient (Wildman–Crippen LogP) is -2.22. The van der Waals surface area contributed by atoms with Crippen LogP contribution in [0.25, 0.3) is 0 Å². The van der Waals surface area contributed by atoms with E-state index in [1.165, 1.54) is 13.2 Å². The van der Waals surface area contributed by atoms with Crippen molar-refractivity contribution < 1.29 is 122 Å². The van der Waals surface area contributed by atoms with Crippen LogP contribution in [0.3, 0.4) is 0 Å². The average Bonchev–Trinajstić information content (AvgIpc) is 3.72. The Kier molecular flexibility index (Phi) is 15.4. The van der Waals surface area contributed by atoms with Gasteiger partial charge in [-0.25, -0.2) is 0 Å². The first kappa shape index (κ1) is 41.6. The van der Waals surface area contributed by atoms with Gasteiger partial charge in [0, 0.05) is 23.5 Å². The number of ether oxygens (including phenoxy) is 8. The number of esters is 1. The number of fused-ring (bicyclic) bond motifs is 2. The van der Waals surface area contributed by atoms with Crippen molar-refractivity contribution in [1.29, 1.82) is 0 Å². The minimum absolute atomic E-state index is 0. The van der Waals surface area contributed by atoms with Crippen molar-refractivity contribution in [1.82, 2.24) is 0 Å². The van der Waals surface area contributed by atoms with Gasteiger partial charge in [0.05, 0.1) is 31.7 Å². The van der Waals surface area contributed by atoms with E-state index >= 15 is 0 Å². The zero-order chi connectivity index (χ0) is 35.2. The van der Waals surface area contributed by atoms with Crippen molar-refractivity contribution in [3.63, 3.8) is 0 Å². The maximum absolute atomic E-state index is 14.7. The Morgan fingerprint density at radius 2 is 1.54 bits per heavy atom. The fourth-order valence-electron chi connectivity index (χ4n) is 6.97. The van der Waals surface area contributed by atoms with Crippen molar-refractivity contribution >= 4 is 18.1 Å². The van der Waals surface area contributed by atoms with Crippen LogP contribution in [-0.4, -0.2) is 57.8 Å². The summed E-state index contributed by atoms with van der Waals surface area (Å²) in [5.74, 6) is -2.79. The van der Waals surface area contributed by atoms with Gasteiger partial charge in [0.15, 0.2) is 11.5 Å². The van der Waals surface area contributed by atoms with E-state index in [2.05, 4.69) is 0 Å². The molecule has 0 amide bonds. The largest absolute Gasteiger partial charge is 1.00 e. The number of methoxy groups -OCH3 is 1. The molecule has 15 heteroatoms. The number of carboxylic acid groups (broad SMARTS) is 2. The summed E-state index contributed by atoms with van der Waals surface area (Å²) in [6, 6.07) is 15.8. The van der Waals surface area contributed by atoms with Crippen LogP contribution in [0.4, 0.5) is 4.79 Å². The van der Waals surface area contributed by atoms with Crippen LogP contribution in [0.2, 0.25) is 0 Å². The molecule has 1 aliphatic heterocycles. The zero-order valence-corrected chi connectivity index (χ0v) is 33.8. The van der Waals surface area contributed by atoms with Crippen LogP contribution >= 0.6 is 0 Å². The van der Waals surface area contributed by atoms with E-state index in [-0.39, 0.29) is 77.8 Å².